The van der Waals surface area contributed by atoms with Gasteiger partial charge < -0.3 is 9.64 Å². The number of aromatic nitrogens is 1. The first-order valence-corrected chi connectivity index (χ1v) is 7.83. The van der Waals surface area contributed by atoms with Crippen LogP contribution in [0.5, 0.6) is 0 Å². The average Bonchev–Trinajstić information content (AvgIpc) is 2.91. The highest BCUT2D eigenvalue weighted by Gasteiger charge is 2.28. The Bertz CT molecular complexity index is 611. The summed E-state index contributed by atoms with van der Waals surface area (Å²) in [7, 11) is 0. The molecule has 0 spiro atoms. The maximum absolute atomic E-state index is 11.9. The van der Waals surface area contributed by atoms with E-state index in [1.54, 1.807) is 0 Å². The van der Waals surface area contributed by atoms with E-state index in [0.717, 1.165) is 31.4 Å². The van der Waals surface area contributed by atoms with Crippen molar-refractivity contribution >= 4 is 33.4 Å². The molecule has 1 fully saturated rings. The minimum atomic E-state index is -0.0639. The Labute approximate surface area is 122 Å². The van der Waals surface area contributed by atoms with Gasteiger partial charge in [0.05, 0.1) is 18.0 Å². The maximum Gasteiger partial charge on any atom is 0.310 e. The first kappa shape index (κ1) is 13.4. The molecule has 3 rings (SSSR count). The summed E-state index contributed by atoms with van der Waals surface area (Å²) >= 11 is 1.52. The van der Waals surface area contributed by atoms with E-state index in [9.17, 15) is 4.79 Å². The number of piperidine rings is 1. The van der Waals surface area contributed by atoms with Crippen molar-refractivity contribution in [1.29, 1.82) is 0 Å². The van der Waals surface area contributed by atoms with Crippen molar-refractivity contribution in [2.24, 2.45) is 5.92 Å². The molecule has 1 aromatic heterocycles. The first-order valence-electron chi connectivity index (χ1n) is 7.05. The van der Waals surface area contributed by atoms with E-state index in [-0.39, 0.29) is 11.9 Å². The fourth-order valence-corrected chi connectivity index (χ4v) is 3.61. The van der Waals surface area contributed by atoms with Crippen LogP contribution in [0.2, 0.25) is 0 Å². The summed E-state index contributed by atoms with van der Waals surface area (Å²) in [5.41, 5.74) is 1.03. The van der Waals surface area contributed by atoms with Crippen molar-refractivity contribution < 1.29 is 9.53 Å². The van der Waals surface area contributed by atoms with Crippen LogP contribution in [0.15, 0.2) is 24.3 Å². The molecule has 1 aromatic carbocycles. The zero-order valence-corrected chi connectivity index (χ0v) is 12.4. The SMILES string of the molecule is CCOC(=O)C1CCCN(c2snc3ccccc23)C1. The Hall–Kier alpha value is -1.62. The summed E-state index contributed by atoms with van der Waals surface area (Å²) < 4.78 is 9.64. The van der Waals surface area contributed by atoms with E-state index in [2.05, 4.69) is 15.3 Å². The molecule has 106 valence electrons. The molecular weight excluding hydrogens is 272 g/mol. The highest BCUT2D eigenvalue weighted by molar-refractivity contribution is 7.11. The smallest absolute Gasteiger partial charge is 0.310 e. The predicted molar refractivity (Wildman–Crippen MR) is 81.2 cm³/mol. The third-order valence-corrected chi connectivity index (χ3v) is 4.63. The standard InChI is InChI=1S/C15H18N2O2S/c1-2-19-15(18)11-6-5-9-17(10-11)14-12-7-3-4-8-13(12)16-20-14/h3-4,7-8,11H,2,5-6,9-10H2,1H3. The van der Waals surface area contributed by atoms with Gasteiger partial charge in [0, 0.05) is 18.5 Å². The second-order valence-corrected chi connectivity index (χ2v) is 5.79. The van der Waals surface area contributed by atoms with Crippen molar-refractivity contribution in [3.8, 4) is 0 Å². The lowest BCUT2D eigenvalue weighted by Crippen LogP contribution is -2.39. The van der Waals surface area contributed by atoms with Crippen LogP contribution in [0, 0.1) is 5.92 Å². The molecule has 0 saturated carbocycles. The molecule has 0 radical (unpaired) electrons. The Morgan fingerprint density at radius 1 is 1.50 bits per heavy atom. The lowest BCUT2D eigenvalue weighted by molar-refractivity contribution is -0.148. The van der Waals surface area contributed by atoms with Gasteiger partial charge in [-0.25, -0.2) is 0 Å². The minimum Gasteiger partial charge on any atom is -0.466 e. The van der Waals surface area contributed by atoms with Crippen molar-refractivity contribution in [3.63, 3.8) is 0 Å². The average molecular weight is 290 g/mol. The Morgan fingerprint density at radius 2 is 2.35 bits per heavy atom. The fraction of sp³-hybridized carbons (Fsp3) is 0.467. The van der Waals surface area contributed by atoms with Crippen LogP contribution in [0.4, 0.5) is 5.00 Å². The molecule has 1 unspecified atom stereocenters. The molecule has 0 N–H and O–H groups in total. The summed E-state index contributed by atoms with van der Waals surface area (Å²) in [5, 5.41) is 2.36. The number of carbonyl (C=O) groups is 1. The Morgan fingerprint density at radius 3 is 3.20 bits per heavy atom. The molecule has 1 saturated heterocycles. The third kappa shape index (κ3) is 2.50. The molecule has 20 heavy (non-hydrogen) atoms. The van der Waals surface area contributed by atoms with Crippen LogP contribution >= 0.6 is 11.5 Å². The number of fused-ring (bicyclic) bond motifs is 1. The second kappa shape index (κ2) is 5.79. The molecule has 5 heteroatoms. The van der Waals surface area contributed by atoms with Gasteiger partial charge in [0.1, 0.15) is 5.00 Å². The fourth-order valence-electron chi connectivity index (χ4n) is 2.72. The van der Waals surface area contributed by atoms with Crippen LogP contribution in [0.25, 0.3) is 10.9 Å². The van der Waals surface area contributed by atoms with E-state index < -0.39 is 0 Å². The third-order valence-electron chi connectivity index (χ3n) is 3.69. The Kier molecular flexibility index (Phi) is 3.87. The van der Waals surface area contributed by atoms with Gasteiger partial charge >= 0.3 is 5.97 Å². The van der Waals surface area contributed by atoms with E-state index in [0.29, 0.717) is 6.61 Å². The first-order chi connectivity index (χ1) is 9.79. The molecule has 1 aliphatic heterocycles. The largest absolute Gasteiger partial charge is 0.466 e. The Balaban J connectivity index is 1.81. The van der Waals surface area contributed by atoms with E-state index in [1.807, 2.05) is 25.1 Å². The minimum absolute atomic E-state index is 0.00966. The summed E-state index contributed by atoms with van der Waals surface area (Å²) in [6, 6.07) is 8.17. The summed E-state index contributed by atoms with van der Waals surface area (Å²) in [6.45, 7) is 4.04. The van der Waals surface area contributed by atoms with Crippen LogP contribution in [-0.2, 0) is 9.53 Å². The van der Waals surface area contributed by atoms with Gasteiger partial charge in [-0.2, -0.15) is 4.37 Å². The number of carbonyl (C=O) groups excluding carboxylic acids is 1. The second-order valence-electron chi connectivity index (χ2n) is 5.04. The van der Waals surface area contributed by atoms with Gasteiger partial charge in [-0.3, -0.25) is 4.79 Å². The molecule has 1 aliphatic rings. The molecule has 2 aromatic rings. The molecule has 0 bridgehead atoms. The van der Waals surface area contributed by atoms with E-state index in [1.165, 1.54) is 21.9 Å². The van der Waals surface area contributed by atoms with Crippen molar-refractivity contribution in [1.82, 2.24) is 4.37 Å². The van der Waals surface area contributed by atoms with Crippen LogP contribution < -0.4 is 4.90 Å². The number of anilines is 1. The van der Waals surface area contributed by atoms with E-state index in [4.69, 9.17) is 4.74 Å². The highest BCUT2D eigenvalue weighted by atomic mass is 32.1. The molecule has 2 heterocycles. The van der Waals surface area contributed by atoms with Gasteiger partial charge in [0.15, 0.2) is 0 Å². The van der Waals surface area contributed by atoms with Crippen molar-refractivity contribution in [2.45, 2.75) is 19.8 Å². The lowest BCUT2D eigenvalue weighted by Gasteiger charge is -2.32. The molecule has 4 nitrogen and oxygen atoms in total. The van der Waals surface area contributed by atoms with E-state index >= 15 is 0 Å². The predicted octanol–water partition coefficient (Wildman–Crippen LogP) is 3.08. The normalized spacial score (nSPS) is 19.2. The lowest BCUT2D eigenvalue weighted by atomic mass is 9.98. The van der Waals surface area contributed by atoms with Gasteiger partial charge in [-0.05, 0) is 43.4 Å². The number of ether oxygens (including phenoxy) is 1. The molecule has 1 atom stereocenters. The molecule has 0 aliphatic carbocycles. The van der Waals surface area contributed by atoms with Crippen molar-refractivity contribution in [3.05, 3.63) is 24.3 Å². The number of nitrogens with zero attached hydrogens (tertiary/aromatic N) is 2. The topological polar surface area (TPSA) is 42.4 Å². The number of hydrogen-bond donors (Lipinski definition) is 0. The summed E-state index contributed by atoms with van der Waals surface area (Å²) in [5.74, 6) is -0.0735. The van der Waals surface area contributed by atoms with Gasteiger partial charge in [0.25, 0.3) is 0 Å². The number of rotatable bonds is 3. The van der Waals surface area contributed by atoms with Crippen molar-refractivity contribution in [2.75, 3.05) is 24.6 Å². The molecule has 0 amide bonds. The maximum atomic E-state index is 11.9. The van der Waals surface area contributed by atoms with Gasteiger partial charge in [0.2, 0.25) is 0 Å². The van der Waals surface area contributed by atoms with Crippen LogP contribution in [0.1, 0.15) is 19.8 Å². The number of esters is 1. The van der Waals surface area contributed by atoms with Gasteiger partial charge in [-0.15, -0.1) is 0 Å². The zero-order chi connectivity index (χ0) is 13.9. The van der Waals surface area contributed by atoms with Crippen LogP contribution in [-0.4, -0.2) is 30.0 Å². The monoisotopic (exact) mass is 290 g/mol. The highest BCUT2D eigenvalue weighted by Crippen LogP contribution is 2.34. The molecular formula is C15H18N2O2S. The zero-order valence-electron chi connectivity index (χ0n) is 11.5. The quantitative estimate of drug-likeness (QED) is 0.815. The van der Waals surface area contributed by atoms with Gasteiger partial charge in [-0.1, -0.05) is 12.1 Å². The number of hydrogen-bond acceptors (Lipinski definition) is 5. The summed E-state index contributed by atoms with van der Waals surface area (Å²) in [4.78, 5) is 14.2. The van der Waals surface area contributed by atoms with Crippen LogP contribution in [0.3, 0.4) is 0 Å². The summed E-state index contributed by atoms with van der Waals surface area (Å²) in [6.07, 6.45) is 1.95. The number of benzene rings is 1.